The molecular formula is C14H15F6NO3. The van der Waals surface area contributed by atoms with Gasteiger partial charge in [0.1, 0.15) is 11.4 Å². The maximum Gasteiger partial charge on any atom is 0.439 e. The number of halogens is 6. The van der Waals surface area contributed by atoms with Crippen LogP contribution in [-0.4, -0.2) is 30.2 Å². The molecule has 24 heavy (non-hydrogen) atoms. The van der Waals surface area contributed by atoms with Gasteiger partial charge >= 0.3 is 18.4 Å². The molecular weight excluding hydrogens is 344 g/mol. The Hall–Kier alpha value is -2.13. The molecule has 136 valence electrons. The number of alkyl halides is 6. The Bertz CT molecular complexity index is 583. The summed E-state index contributed by atoms with van der Waals surface area (Å²) in [5.74, 6) is -0.847. The van der Waals surface area contributed by atoms with Gasteiger partial charge in [-0.15, -0.1) is 0 Å². The molecule has 0 bridgehead atoms. The Morgan fingerprint density at radius 1 is 1.08 bits per heavy atom. The van der Waals surface area contributed by atoms with Gasteiger partial charge in [-0.05, 0) is 32.9 Å². The van der Waals surface area contributed by atoms with Gasteiger partial charge in [0.05, 0.1) is 5.69 Å². The molecule has 1 atom stereocenters. The average molecular weight is 359 g/mol. The predicted molar refractivity (Wildman–Crippen MR) is 72.8 cm³/mol. The number of para-hydroxylation sites is 2. The molecule has 0 aliphatic heterocycles. The van der Waals surface area contributed by atoms with Gasteiger partial charge < -0.3 is 9.47 Å². The van der Waals surface area contributed by atoms with Crippen LogP contribution in [0.1, 0.15) is 20.8 Å². The first-order valence-corrected chi connectivity index (χ1v) is 6.59. The Kier molecular flexibility index (Phi) is 5.62. The van der Waals surface area contributed by atoms with Crippen LogP contribution in [0.4, 0.5) is 36.8 Å². The van der Waals surface area contributed by atoms with Crippen molar-refractivity contribution in [3.8, 4) is 5.75 Å². The average Bonchev–Trinajstić information content (AvgIpc) is 2.36. The summed E-state index contributed by atoms with van der Waals surface area (Å²) in [5, 5.41) is 2.04. The molecule has 0 saturated heterocycles. The van der Waals surface area contributed by atoms with Gasteiger partial charge in [0.15, 0.2) is 0 Å². The van der Waals surface area contributed by atoms with E-state index in [-0.39, 0.29) is 0 Å². The van der Waals surface area contributed by atoms with Gasteiger partial charge in [-0.25, -0.2) is 9.18 Å². The Morgan fingerprint density at radius 3 is 2.12 bits per heavy atom. The summed E-state index contributed by atoms with van der Waals surface area (Å²) < 4.78 is 84.6. The summed E-state index contributed by atoms with van der Waals surface area (Å²) in [6, 6.07) is 4.39. The van der Waals surface area contributed by atoms with E-state index in [1.54, 1.807) is 20.8 Å². The highest BCUT2D eigenvalue weighted by Gasteiger charge is 2.59. The Labute approximate surface area is 133 Å². The number of hydrogen-bond acceptors (Lipinski definition) is 3. The normalized spacial score (nSPS) is 14.0. The molecule has 0 aliphatic carbocycles. The van der Waals surface area contributed by atoms with Crippen molar-refractivity contribution in [1.82, 2.24) is 0 Å². The fourth-order valence-corrected chi connectivity index (χ4v) is 1.46. The molecule has 0 saturated carbocycles. The second-order valence-corrected chi connectivity index (χ2v) is 5.69. The van der Waals surface area contributed by atoms with Gasteiger partial charge in [-0.3, -0.25) is 5.32 Å². The highest BCUT2D eigenvalue weighted by molar-refractivity contribution is 5.86. The molecule has 4 nitrogen and oxygen atoms in total. The van der Waals surface area contributed by atoms with Crippen LogP contribution >= 0.6 is 0 Å². The Morgan fingerprint density at radius 2 is 1.62 bits per heavy atom. The lowest BCUT2D eigenvalue weighted by Gasteiger charge is -2.24. The quantitative estimate of drug-likeness (QED) is 0.778. The molecule has 1 aromatic carbocycles. The van der Waals surface area contributed by atoms with E-state index in [1.165, 1.54) is 6.07 Å². The van der Waals surface area contributed by atoms with Crippen molar-refractivity contribution in [2.75, 3.05) is 5.32 Å². The summed E-state index contributed by atoms with van der Waals surface area (Å²) in [7, 11) is 0. The highest BCUT2D eigenvalue weighted by atomic mass is 19.4. The van der Waals surface area contributed by atoms with Gasteiger partial charge in [0.25, 0.3) is 6.17 Å². The maximum absolute atomic E-state index is 13.3. The van der Waals surface area contributed by atoms with Crippen LogP contribution in [0, 0.1) is 0 Å². The van der Waals surface area contributed by atoms with Crippen LogP contribution in [0.25, 0.3) is 0 Å². The zero-order chi connectivity index (χ0) is 18.8. The van der Waals surface area contributed by atoms with Gasteiger partial charge in [-0.2, -0.15) is 22.0 Å². The summed E-state index contributed by atoms with van der Waals surface area (Å²) in [5.41, 5.74) is -1.30. The third-order valence-corrected chi connectivity index (χ3v) is 2.35. The topological polar surface area (TPSA) is 47.6 Å². The maximum atomic E-state index is 13.3. The summed E-state index contributed by atoms with van der Waals surface area (Å²) in [6.07, 6.45) is -16.6. The van der Waals surface area contributed by atoms with Crippen molar-refractivity contribution >= 4 is 11.8 Å². The number of benzene rings is 1. The number of anilines is 1. The van der Waals surface area contributed by atoms with Crippen molar-refractivity contribution in [3.05, 3.63) is 24.3 Å². The SMILES string of the molecule is CC(C)(C)OC(=O)Nc1ccccc1OC(F)(F)C(F)C(F)(F)F. The highest BCUT2D eigenvalue weighted by Crippen LogP contribution is 2.38. The molecule has 10 heteroatoms. The third kappa shape index (κ3) is 5.82. The van der Waals surface area contributed by atoms with Crippen molar-refractivity contribution in [2.45, 2.75) is 44.8 Å². The first-order chi connectivity index (χ1) is 10.7. The first-order valence-electron chi connectivity index (χ1n) is 6.59. The van der Waals surface area contributed by atoms with E-state index in [0.717, 1.165) is 18.2 Å². The molecule has 0 aliphatic rings. The van der Waals surface area contributed by atoms with E-state index in [1.807, 2.05) is 5.32 Å². The van der Waals surface area contributed by atoms with Crippen molar-refractivity contribution in [3.63, 3.8) is 0 Å². The lowest BCUT2D eigenvalue weighted by atomic mass is 10.2. The fraction of sp³-hybridized carbons (Fsp3) is 0.500. The van der Waals surface area contributed by atoms with Crippen LogP contribution in [0.3, 0.4) is 0 Å². The van der Waals surface area contributed by atoms with Crippen molar-refractivity contribution in [2.24, 2.45) is 0 Å². The minimum absolute atomic E-state index is 0.402. The van der Waals surface area contributed by atoms with Crippen LogP contribution in [0.15, 0.2) is 24.3 Å². The Balaban J connectivity index is 2.96. The van der Waals surface area contributed by atoms with E-state index in [4.69, 9.17) is 4.74 Å². The molecule has 1 aromatic rings. The largest absolute Gasteiger partial charge is 0.444 e. The van der Waals surface area contributed by atoms with Gasteiger partial charge in [0, 0.05) is 0 Å². The van der Waals surface area contributed by atoms with Crippen molar-refractivity contribution < 1.29 is 40.6 Å². The molecule has 1 N–H and O–H groups in total. The lowest BCUT2D eigenvalue weighted by molar-refractivity contribution is -0.304. The van der Waals surface area contributed by atoms with E-state index in [9.17, 15) is 31.1 Å². The van der Waals surface area contributed by atoms with Crippen LogP contribution in [0.5, 0.6) is 5.75 Å². The zero-order valence-corrected chi connectivity index (χ0v) is 12.9. The molecule has 1 rings (SSSR count). The third-order valence-electron chi connectivity index (χ3n) is 2.35. The second kappa shape index (κ2) is 6.78. The molecule has 0 spiro atoms. The molecule has 0 radical (unpaired) electrons. The molecule has 1 unspecified atom stereocenters. The van der Waals surface area contributed by atoms with E-state index in [0.29, 0.717) is 0 Å². The number of ether oxygens (including phenoxy) is 2. The minimum Gasteiger partial charge on any atom is -0.444 e. The van der Waals surface area contributed by atoms with Gasteiger partial charge in [-0.1, -0.05) is 12.1 Å². The van der Waals surface area contributed by atoms with E-state index < -0.39 is 41.6 Å². The number of carbonyl (C=O) groups is 1. The number of hydrogen-bond donors (Lipinski definition) is 1. The predicted octanol–water partition coefficient (Wildman–Crippen LogP) is 4.91. The standard InChI is InChI=1S/C14H15F6NO3/c1-12(2,3)24-11(22)21-8-6-4-5-7-9(8)23-14(19,20)10(15)13(16,17)18/h4-7,10H,1-3H3,(H,21,22). The molecule has 0 heterocycles. The molecule has 1 amide bonds. The second-order valence-electron chi connectivity index (χ2n) is 5.69. The number of carbonyl (C=O) groups excluding carboxylic acids is 1. The number of nitrogens with one attached hydrogen (secondary N) is 1. The van der Waals surface area contributed by atoms with Crippen LogP contribution < -0.4 is 10.1 Å². The number of rotatable bonds is 4. The lowest BCUT2D eigenvalue weighted by Crippen LogP contribution is -2.45. The van der Waals surface area contributed by atoms with E-state index in [2.05, 4.69) is 4.74 Å². The van der Waals surface area contributed by atoms with Crippen LogP contribution in [0.2, 0.25) is 0 Å². The minimum atomic E-state index is -5.81. The van der Waals surface area contributed by atoms with E-state index >= 15 is 0 Å². The number of amides is 1. The summed E-state index contributed by atoms with van der Waals surface area (Å²) in [4.78, 5) is 11.6. The first kappa shape index (κ1) is 19.9. The van der Waals surface area contributed by atoms with Crippen LogP contribution in [-0.2, 0) is 4.74 Å². The fourth-order valence-electron chi connectivity index (χ4n) is 1.46. The molecule has 0 aromatic heterocycles. The summed E-state index contributed by atoms with van der Waals surface area (Å²) in [6.45, 7) is 4.63. The zero-order valence-electron chi connectivity index (χ0n) is 12.9. The molecule has 0 fully saturated rings. The van der Waals surface area contributed by atoms with Crippen molar-refractivity contribution in [1.29, 1.82) is 0 Å². The summed E-state index contributed by atoms with van der Waals surface area (Å²) >= 11 is 0. The van der Waals surface area contributed by atoms with Gasteiger partial charge in [0.2, 0.25) is 0 Å². The monoisotopic (exact) mass is 359 g/mol. The smallest absolute Gasteiger partial charge is 0.439 e.